The molecular formula is C6H13N2. The Morgan fingerprint density at radius 1 is 1.50 bits per heavy atom. The van der Waals surface area contributed by atoms with Crippen LogP contribution in [0.1, 0.15) is 13.8 Å². The van der Waals surface area contributed by atoms with Crippen LogP contribution in [-0.2, 0) is 0 Å². The highest BCUT2D eigenvalue weighted by Gasteiger charge is 2.20. The van der Waals surface area contributed by atoms with Crippen LogP contribution in [0.3, 0.4) is 0 Å². The Bertz CT molecular complexity index is 70.6. The van der Waals surface area contributed by atoms with Gasteiger partial charge in [-0.2, -0.15) is 0 Å². The first-order valence-electron chi connectivity index (χ1n) is 3.10. The lowest BCUT2D eigenvalue weighted by atomic mass is 10.0. The number of nitrogens with zero attached hydrogens (tertiary/aromatic N) is 1. The SMILES string of the molecule is CC1(C)CNCC[N]1. The maximum absolute atomic E-state index is 4.40. The van der Waals surface area contributed by atoms with Crippen molar-refractivity contribution < 1.29 is 0 Å². The van der Waals surface area contributed by atoms with Crippen LogP contribution >= 0.6 is 0 Å². The summed E-state index contributed by atoms with van der Waals surface area (Å²) in [7, 11) is 0. The van der Waals surface area contributed by atoms with E-state index in [-0.39, 0.29) is 5.54 Å². The van der Waals surface area contributed by atoms with E-state index in [1.807, 2.05) is 0 Å². The summed E-state index contributed by atoms with van der Waals surface area (Å²) in [6, 6.07) is 0. The lowest BCUT2D eigenvalue weighted by Crippen LogP contribution is -2.50. The standard InChI is InChI=1S/C6H13N2/c1-6(2)5-7-3-4-8-6/h7H,3-5H2,1-2H3. The van der Waals surface area contributed by atoms with Gasteiger partial charge in [0.05, 0.1) is 0 Å². The van der Waals surface area contributed by atoms with Crippen molar-refractivity contribution in [3.63, 3.8) is 0 Å². The Labute approximate surface area is 50.7 Å². The van der Waals surface area contributed by atoms with Gasteiger partial charge in [-0.1, -0.05) is 0 Å². The third kappa shape index (κ3) is 1.46. The summed E-state index contributed by atoms with van der Waals surface area (Å²) in [4.78, 5) is 0. The van der Waals surface area contributed by atoms with Crippen molar-refractivity contribution in [3.8, 4) is 0 Å². The Morgan fingerprint density at radius 3 is 2.50 bits per heavy atom. The summed E-state index contributed by atoms with van der Waals surface area (Å²) in [5.74, 6) is 0. The van der Waals surface area contributed by atoms with Crippen molar-refractivity contribution in [2.24, 2.45) is 0 Å². The Kier molecular flexibility index (Phi) is 1.54. The van der Waals surface area contributed by atoms with Gasteiger partial charge in [0.15, 0.2) is 0 Å². The molecule has 8 heavy (non-hydrogen) atoms. The van der Waals surface area contributed by atoms with Crippen LogP contribution in [-0.4, -0.2) is 25.2 Å². The first-order valence-corrected chi connectivity index (χ1v) is 3.10. The third-order valence-electron chi connectivity index (χ3n) is 1.39. The third-order valence-corrected chi connectivity index (χ3v) is 1.39. The van der Waals surface area contributed by atoms with E-state index in [2.05, 4.69) is 24.5 Å². The number of hydrogen-bond donors (Lipinski definition) is 1. The van der Waals surface area contributed by atoms with Crippen LogP contribution < -0.4 is 10.6 Å². The summed E-state index contributed by atoms with van der Waals surface area (Å²) in [5.41, 5.74) is 0.193. The van der Waals surface area contributed by atoms with Gasteiger partial charge in [0.2, 0.25) is 0 Å². The minimum absolute atomic E-state index is 0.193. The number of nitrogens with one attached hydrogen (secondary N) is 1. The lowest BCUT2D eigenvalue weighted by molar-refractivity contribution is 0.315. The van der Waals surface area contributed by atoms with Gasteiger partial charge in [0, 0.05) is 25.2 Å². The molecule has 0 aromatic carbocycles. The molecule has 2 heteroatoms. The molecule has 1 rings (SSSR count). The fraction of sp³-hybridized carbons (Fsp3) is 1.00. The van der Waals surface area contributed by atoms with E-state index in [0.29, 0.717) is 0 Å². The second-order valence-corrected chi connectivity index (χ2v) is 2.87. The Hall–Kier alpha value is -0.0800. The van der Waals surface area contributed by atoms with Gasteiger partial charge < -0.3 is 5.32 Å². The van der Waals surface area contributed by atoms with E-state index in [1.165, 1.54) is 0 Å². The topological polar surface area (TPSA) is 26.1 Å². The molecule has 0 atom stereocenters. The minimum atomic E-state index is 0.193. The number of piperazine rings is 1. The largest absolute Gasteiger partial charge is 0.314 e. The van der Waals surface area contributed by atoms with E-state index in [9.17, 15) is 0 Å². The van der Waals surface area contributed by atoms with Gasteiger partial charge in [-0.15, -0.1) is 0 Å². The fourth-order valence-corrected chi connectivity index (χ4v) is 0.888. The number of rotatable bonds is 0. The molecule has 1 aliphatic heterocycles. The molecule has 1 saturated heterocycles. The molecule has 1 heterocycles. The van der Waals surface area contributed by atoms with Crippen LogP contribution in [0.15, 0.2) is 0 Å². The zero-order valence-corrected chi connectivity index (χ0v) is 5.57. The van der Waals surface area contributed by atoms with Gasteiger partial charge in [0.1, 0.15) is 0 Å². The Balaban J connectivity index is 2.33. The molecule has 1 aliphatic rings. The molecule has 1 N–H and O–H groups in total. The second-order valence-electron chi connectivity index (χ2n) is 2.87. The van der Waals surface area contributed by atoms with Crippen molar-refractivity contribution in [3.05, 3.63) is 0 Å². The van der Waals surface area contributed by atoms with Crippen molar-refractivity contribution in [2.75, 3.05) is 19.6 Å². The molecule has 0 unspecified atom stereocenters. The molecule has 47 valence electrons. The van der Waals surface area contributed by atoms with Gasteiger partial charge in [-0.3, -0.25) is 0 Å². The summed E-state index contributed by atoms with van der Waals surface area (Å²) in [6.07, 6.45) is 0. The molecule has 0 spiro atoms. The molecular weight excluding hydrogens is 100 g/mol. The molecule has 0 aliphatic carbocycles. The average molecular weight is 113 g/mol. The average Bonchev–Trinajstić information content (AvgIpc) is 1.65. The molecule has 2 nitrogen and oxygen atoms in total. The van der Waals surface area contributed by atoms with Gasteiger partial charge >= 0.3 is 0 Å². The van der Waals surface area contributed by atoms with E-state index in [0.717, 1.165) is 19.6 Å². The van der Waals surface area contributed by atoms with Crippen molar-refractivity contribution in [2.45, 2.75) is 19.4 Å². The predicted octanol–water partition coefficient (Wildman–Crippen LogP) is -0.0274. The summed E-state index contributed by atoms with van der Waals surface area (Å²) >= 11 is 0. The molecule has 0 aromatic rings. The smallest absolute Gasteiger partial charge is 0.0425 e. The monoisotopic (exact) mass is 113 g/mol. The second kappa shape index (κ2) is 2.03. The zero-order valence-electron chi connectivity index (χ0n) is 5.57. The highest BCUT2D eigenvalue weighted by atomic mass is 15.1. The number of hydrogen-bond acceptors (Lipinski definition) is 1. The first-order chi connectivity index (χ1) is 3.71. The van der Waals surface area contributed by atoms with Crippen molar-refractivity contribution in [1.82, 2.24) is 10.6 Å². The van der Waals surface area contributed by atoms with E-state index in [1.54, 1.807) is 0 Å². The fourth-order valence-electron chi connectivity index (χ4n) is 0.888. The lowest BCUT2D eigenvalue weighted by Gasteiger charge is -2.29. The zero-order chi connectivity index (χ0) is 6.04. The first kappa shape index (κ1) is 6.05. The maximum Gasteiger partial charge on any atom is 0.0425 e. The van der Waals surface area contributed by atoms with Gasteiger partial charge in [-0.05, 0) is 13.8 Å². The van der Waals surface area contributed by atoms with Crippen LogP contribution in [0.5, 0.6) is 0 Å². The predicted molar refractivity (Wildman–Crippen MR) is 33.9 cm³/mol. The summed E-state index contributed by atoms with van der Waals surface area (Å²) in [6.45, 7) is 7.38. The molecule has 0 aromatic heterocycles. The van der Waals surface area contributed by atoms with Crippen LogP contribution in [0.25, 0.3) is 0 Å². The summed E-state index contributed by atoms with van der Waals surface area (Å²) in [5, 5.41) is 7.68. The van der Waals surface area contributed by atoms with E-state index >= 15 is 0 Å². The van der Waals surface area contributed by atoms with Gasteiger partial charge in [-0.25, -0.2) is 5.32 Å². The molecule has 0 amide bonds. The molecule has 1 radical (unpaired) electrons. The highest BCUT2D eigenvalue weighted by Crippen LogP contribution is 2.03. The van der Waals surface area contributed by atoms with Crippen LogP contribution in [0.4, 0.5) is 0 Å². The Morgan fingerprint density at radius 2 is 2.25 bits per heavy atom. The normalized spacial score (nSPS) is 27.8. The van der Waals surface area contributed by atoms with Crippen LogP contribution in [0.2, 0.25) is 0 Å². The molecule has 0 bridgehead atoms. The maximum atomic E-state index is 4.40. The highest BCUT2D eigenvalue weighted by molar-refractivity contribution is 4.83. The molecule has 0 saturated carbocycles. The van der Waals surface area contributed by atoms with E-state index < -0.39 is 0 Å². The van der Waals surface area contributed by atoms with Crippen molar-refractivity contribution in [1.29, 1.82) is 0 Å². The summed E-state index contributed by atoms with van der Waals surface area (Å²) < 4.78 is 0. The van der Waals surface area contributed by atoms with E-state index in [4.69, 9.17) is 0 Å². The van der Waals surface area contributed by atoms with Gasteiger partial charge in [0.25, 0.3) is 0 Å². The minimum Gasteiger partial charge on any atom is -0.314 e. The quantitative estimate of drug-likeness (QED) is 0.469. The van der Waals surface area contributed by atoms with Crippen LogP contribution in [0, 0.1) is 0 Å². The molecule has 1 fully saturated rings. The van der Waals surface area contributed by atoms with Crippen molar-refractivity contribution >= 4 is 0 Å².